The number of hydrogen-bond donors (Lipinski definition) is 5. The number of ether oxygens (including phenoxy) is 1. The summed E-state index contributed by atoms with van der Waals surface area (Å²) in [5.41, 5.74) is 5.67. The van der Waals surface area contributed by atoms with Gasteiger partial charge >= 0.3 is 13.1 Å². The number of aromatic hydroxyl groups is 1. The van der Waals surface area contributed by atoms with Gasteiger partial charge in [-0.2, -0.15) is 11.8 Å². The van der Waals surface area contributed by atoms with Crippen LogP contribution in [0, 0.1) is 0 Å². The maximum absolute atomic E-state index is 12.2. The average Bonchev–Trinajstić information content (AvgIpc) is 3.07. The Morgan fingerprint density at radius 2 is 2.14 bits per heavy atom. The van der Waals surface area contributed by atoms with Crippen LogP contribution in [0.1, 0.15) is 28.8 Å². The van der Waals surface area contributed by atoms with Gasteiger partial charge in [-0.1, -0.05) is 6.07 Å². The molecule has 1 fully saturated rings. The normalized spacial score (nSPS) is 17.4. The van der Waals surface area contributed by atoms with E-state index < -0.39 is 24.0 Å². The summed E-state index contributed by atoms with van der Waals surface area (Å²) < 4.78 is 4.95. The van der Waals surface area contributed by atoms with Crippen LogP contribution in [0.25, 0.3) is 0 Å². The molecule has 2 rings (SSSR count). The van der Waals surface area contributed by atoms with Crippen molar-refractivity contribution in [1.82, 2.24) is 4.90 Å². The molecule has 1 saturated heterocycles. The van der Waals surface area contributed by atoms with Gasteiger partial charge in [0.2, 0.25) is 5.91 Å². The highest BCUT2D eigenvalue weighted by Gasteiger charge is 2.29. The van der Waals surface area contributed by atoms with E-state index in [1.807, 2.05) is 0 Å². The van der Waals surface area contributed by atoms with Crippen LogP contribution >= 0.6 is 11.8 Å². The lowest BCUT2D eigenvalue weighted by Crippen LogP contribution is -2.33. The standard InChI is InChI=1S/C17H25BN2O7S/c1-27-12-3-2-10(16(22)15(12)17(23)24)8-13(18(25)26)28-7-5-14(21)20-6-4-11(19)9-20/h2-3,11,13,22,25-26H,4-9,19H2,1H3,(H,23,24). The molecule has 1 heterocycles. The number of nitrogens with two attached hydrogens (primary N) is 1. The Hall–Kier alpha value is -1.95. The van der Waals surface area contributed by atoms with Gasteiger partial charge in [-0.3, -0.25) is 4.79 Å². The minimum absolute atomic E-state index is 0.00472. The summed E-state index contributed by atoms with van der Waals surface area (Å²) in [5, 5.41) is 38.1. The Morgan fingerprint density at radius 1 is 1.43 bits per heavy atom. The molecule has 2 atom stereocenters. The van der Waals surface area contributed by atoms with Gasteiger partial charge < -0.3 is 35.6 Å². The molecule has 1 aromatic carbocycles. The maximum Gasteiger partial charge on any atom is 0.465 e. The number of nitrogens with zero attached hydrogens (tertiary/aromatic N) is 1. The van der Waals surface area contributed by atoms with Crippen LogP contribution < -0.4 is 10.5 Å². The third-order valence-electron chi connectivity index (χ3n) is 4.64. The van der Waals surface area contributed by atoms with Crippen LogP contribution in [0.5, 0.6) is 11.5 Å². The molecule has 0 aliphatic carbocycles. The minimum Gasteiger partial charge on any atom is -0.507 e. The van der Waals surface area contributed by atoms with E-state index in [4.69, 9.17) is 10.5 Å². The van der Waals surface area contributed by atoms with Crippen LogP contribution in [-0.4, -0.2) is 81.3 Å². The van der Waals surface area contributed by atoms with E-state index in [9.17, 15) is 29.9 Å². The highest BCUT2D eigenvalue weighted by molar-refractivity contribution is 8.01. The van der Waals surface area contributed by atoms with Gasteiger partial charge in [0.15, 0.2) is 0 Å². The summed E-state index contributed by atoms with van der Waals surface area (Å²) in [5.74, 6) is -1.49. The molecule has 154 valence electrons. The average molecular weight is 412 g/mol. The fourth-order valence-corrected chi connectivity index (χ4v) is 4.16. The summed E-state index contributed by atoms with van der Waals surface area (Å²) in [4.78, 5) is 25.2. The topological polar surface area (TPSA) is 154 Å². The zero-order valence-electron chi connectivity index (χ0n) is 15.6. The van der Waals surface area contributed by atoms with Gasteiger partial charge in [0.1, 0.15) is 17.1 Å². The van der Waals surface area contributed by atoms with Gasteiger partial charge in [0.25, 0.3) is 0 Å². The summed E-state index contributed by atoms with van der Waals surface area (Å²) >= 11 is 1.18. The molecule has 11 heteroatoms. The zero-order valence-corrected chi connectivity index (χ0v) is 16.4. The molecule has 0 saturated carbocycles. The van der Waals surface area contributed by atoms with Crippen molar-refractivity contribution in [3.63, 3.8) is 0 Å². The second kappa shape index (κ2) is 10.0. The largest absolute Gasteiger partial charge is 0.507 e. The van der Waals surface area contributed by atoms with Gasteiger partial charge in [0, 0.05) is 36.5 Å². The summed E-state index contributed by atoms with van der Waals surface area (Å²) in [6.07, 6.45) is 1.02. The first-order valence-electron chi connectivity index (χ1n) is 8.87. The molecule has 28 heavy (non-hydrogen) atoms. The third kappa shape index (κ3) is 5.54. The third-order valence-corrected chi connectivity index (χ3v) is 5.91. The number of aromatic carboxylic acids is 1. The Bertz CT molecular complexity index is 719. The van der Waals surface area contributed by atoms with Crippen LogP contribution in [0.15, 0.2) is 12.1 Å². The smallest absolute Gasteiger partial charge is 0.465 e. The van der Waals surface area contributed by atoms with E-state index >= 15 is 0 Å². The molecule has 0 bridgehead atoms. The van der Waals surface area contributed by atoms with Crippen molar-refractivity contribution in [2.45, 2.75) is 30.5 Å². The van der Waals surface area contributed by atoms with Crippen molar-refractivity contribution >= 4 is 30.8 Å². The number of likely N-dealkylation sites (tertiary alicyclic amines) is 1. The van der Waals surface area contributed by atoms with Crippen LogP contribution in [0.4, 0.5) is 0 Å². The van der Waals surface area contributed by atoms with Crippen molar-refractivity contribution in [2.75, 3.05) is 26.0 Å². The molecule has 1 aliphatic rings. The number of carbonyl (C=O) groups excluding carboxylic acids is 1. The van der Waals surface area contributed by atoms with Gasteiger partial charge in [-0.05, 0) is 24.5 Å². The maximum atomic E-state index is 12.2. The molecule has 0 radical (unpaired) electrons. The van der Waals surface area contributed by atoms with E-state index in [0.717, 1.165) is 6.42 Å². The minimum atomic E-state index is -1.70. The molecule has 1 aliphatic heterocycles. The first-order chi connectivity index (χ1) is 13.2. The van der Waals surface area contributed by atoms with Crippen molar-refractivity contribution in [1.29, 1.82) is 0 Å². The molecular weight excluding hydrogens is 387 g/mol. The molecule has 2 unspecified atom stereocenters. The van der Waals surface area contributed by atoms with E-state index in [1.54, 1.807) is 4.90 Å². The Kier molecular flexibility index (Phi) is 7.99. The van der Waals surface area contributed by atoms with Crippen LogP contribution in [-0.2, 0) is 11.2 Å². The number of phenols is 1. The SMILES string of the molecule is COc1ccc(CC(SCCC(=O)N2CCC(N)C2)B(O)O)c(O)c1C(=O)O. The molecule has 9 nitrogen and oxygen atoms in total. The second-order valence-corrected chi connectivity index (χ2v) is 7.97. The monoisotopic (exact) mass is 412 g/mol. The highest BCUT2D eigenvalue weighted by atomic mass is 32.2. The molecule has 1 aromatic rings. The lowest BCUT2D eigenvalue weighted by Gasteiger charge is -2.19. The predicted molar refractivity (Wildman–Crippen MR) is 106 cm³/mol. The van der Waals surface area contributed by atoms with E-state index in [2.05, 4.69) is 0 Å². The number of amides is 1. The summed E-state index contributed by atoms with van der Waals surface area (Å²) in [7, 11) is -0.406. The number of rotatable bonds is 9. The highest BCUT2D eigenvalue weighted by Crippen LogP contribution is 2.33. The molecule has 0 spiro atoms. The fraction of sp³-hybridized carbons (Fsp3) is 0.529. The van der Waals surface area contributed by atoms with Gasteiger partial charge in [-0.15, -0.1) is 0 Å². The Labute approximate surface area is 167 Å². The Morgan fingerprint density at radius 3 is 2.68 bits per heavy atom. The fourth-order valence-electron chi connectivity index (χ4n) is 3.09. The zero-order chi connectivity index (χ0) is 20.8. The number of thioether (sulfide) groups is 1. The van der Waals surface area contributed by atoms with Crippen molar-refractivity contribution < 1.29 is 34.6 Å². The Balaban J connectivity index is 2.00. The molecule has 1 amide bonds. The summed E-state index contributed by atoms with van der Waals surface area (Å²) in [6, 6.07) is 2.89. The van der Waals surface area contributed by atoms with Crippen molar-refractivity contribution in [3.05, 3.63) is 23.3 Å². The lowest BCUT2D eigenvalue weighted by atomic mass is 9.81. The number of carbonyl (C=O) groups is 2. The van der Waals surface area contributed by atoms with Gasteiger partial charge in [-0.25, -0.2) is 4.79 Å². The first kappa shape index (κ1) is 22.3. The molecular formula is C17H25BN2O7S. The molecule has 0 aromatic heterocycles. The second-order valence-electron chi connectivity index (χ2n) is 6.62. The van der Waals surface area contributed by atoms with E-state index in [-0.39, 0.29) is 41.7 Å². The summed E-state index contributed by atoms with van der Waals surface area (Å²) in [6.45, 7) is 1.17. The lowest BCUT2D eigenvalue weighted by molar-refractivity contribution is -0.129. The van der Waals surface area contributed by atoms with Crippen LogP contribution in [0.2, 0.25) is 0 Å². The first-order valence-corrected chi connectivity index (χ1v) is 9.92. The number of methoxy groups -OCH3 is 1. The van der Waals surface area contributed by atoms with Crippen molar-refractivity contribution in [2.24, 2.45) is 5.73 Å². The van der Waals surface area contributed by atoms with Crippen LogP contribution in [0.3, 0.4) is 0 Å². The molecule has 6 N–H and O–H groups in total. The number of hydrogen-bond acceptors (Lipinski definition) is 8. The van der Waals surface area contributed by atoms with Gasteiger partial charge in [0.05, 0.1) is 7.11 Å². The number of carboxylic acid groups (broad SMARTS) is 1. The number of carboxylic acids is 1. The van der Waals surface area contributed by atoms with Crippen molar-refractivity contribution in [3.8, 4) is 11.5 Å². The number of benzene rings is 1. The predicted octanol–water partition coefficient (Wildman–Crippen LogP) is -0.295. The van der Waals surface area contributed by atoms with E-state index in [1.165, 1.54) is 31.0 Å². The quantitative estimate of drug-likeness (QED) is 0.344. The van der Waals surface area contributed by atoms with E-state index in [0.29, 0.717) is 18.8 Å².